The fourth-order valence-corrected chi connectivity index (χ4v) is 4.37. The summed E-state index contributed by atoms with van der Waals surface area (Å²) in [7, 11) is -1.78. The number of halogens is 1. The van der Waals surface area contributed by atoms with Crippen LogP contribution in [0.1, 0.15) is 5.56 Å². The topological polar surface area (TPSA) is 61.9 Å². The molecule has 1 aliphatic heterocycles. The molecule has 28 heavy (non-hydrogen) atoms. The number of piperazine rings is 1. The van der Waals surface area contributed by atoms with Gasteiger partial charge in [-0.1, -0.05) is 12.1 Å². The van der Waals surface area contributed by atoms with Gasteiger partial charge in [0.25, 0.3) is 0 Å². The molecule has 0 unspecified atom stereocenters. The molecular weight excluding hydrogens is 381 g/mol. The van der Waals surface area contributed by atoms with E-state index < -0.39 is 10.0 Å². The molecular formula is C20H26FN3O3S. The van der Waals surface area contributed by atoms with Crippen LogP contribution in [0.3, 0.4) is 0 Å². The maximum atomic E-state index is 12.9. The second-order valence-corrected chi connectivity index (χ2v) is 8.61. The number of rotatable bonds is 8. The summed E-state index contributed by atoms with van der Waals surface area (Å²) in [6.07, 6.45) is 0. The summed E-state index contributed by atoms with van der Waals surface area (Å²) < 4.78 is 45.1. The highest BCUT2D eigenvalue weighted by Gasteiger charge is 2.18. The maximum Gasteiger partial charge on any atom is 0.215 e. The zero-order valence-electron chi connectivity index (χ0n) is 16.0. The van der Waals surface area contributed by atoms with Gasteiger partial charge in [-0.05, 0) is 42.0 Å². The Balaban J connectivity index is 1.40. The molecule has 1 saturated heterocycles. The SMILES string of the molecule is COc1ccc(N2CCN(CCNS(=O)(=O)Cc3ccc(F)cc3)CC2)cc1. The molecule has 0 atom stereocenters. The van der Waals surface area contributed by atoms with Crippen LogP contribution in [0.4, 0.5) is 10.1 Å². The van der Waals surface area contributed by atoms with E-state index in [0.29, 0.717) is 18.7 Å². The van der Waals surface area contributed by atoms with Gasteiger partial charge in [-0.3, -0.25) is 4.90 Å². The van der Waals surface area contributed by atoms with E-state index in [9.17, 15) is 12.8 Å². The van der Waals surface area contributed by atoms with Crippen molar-refractivity contribution in [1.29, 1.82) is 0 Å². The van der Waals surface area contributed by atoms with Gasteiger partial charge in [-0.25, -0.2) is 17.5 Å². The van der Waals surface area contributed by atoms with Gasteiger partial charge in [-0.15, -0.1) is 0 Å². The Morgan fingerprint density at radius 1 is 1.00 bits per heavy atom. The number of hydrogen-bond acceptors (Lipinski definition) is 5. The van der Waals surface area contributed by atoms with Crippen LogP contribution in [0.2, 0.25) is 0 Å². The molecule has 0 spiro atoms. The highest BCUT2D eigenvalue weighted by atomic mass is 32.2. The standard InChI is InChI=1S/C20H26FN3O3S/c1-27-20-8-6-19(7-9-20)24-14-12-23(13-15-24)11-10-22-28(25,26)16-17-2-4-18(21)5-3-17/h2-9,22H,10-16H2,1H3. The molecule has 152 valence electrons. The van der Waals surface area contributed by atoms with E-state index in [0.717, 1.165) is 31.9 Å². The van der Waals surface area contributed by atoms with Gasteiger partial charge in [0.15, 0.2) is 0 Å². The summed E-state index contributed by atoms with van der Waals surface area (Å²) in [6.45, 7) is 4.59. The average molecular weight is 408 g/mol. The number of methoxy groups -OCH3 is 1. The molecule has 6 nitrogen and oxygen atoms in total. The Morgan fingerprint density at radius 3 is 2.25 bits per heavy atom. The van der Waals surface area contributed by atoms with Gasteiger partial charge in [-0.2, -0.15) is 0 Å². The molecule has 3 rings (SSSR count). The average Bonchev–Trinajstić information content (AvgIpc) is 2.70. The molecule has 1 heterocycles. The Hall–Kier alpha value is -2.16. The first kappa shape index (κ1) is 20.6. The number of nitrogens with one attached hydrogen (secondary N) is 1. The second kappa shape index (κ2) is 9.36. The van der Waals surface area contributed by atoms with Crippen LogP contribution in [0.15, 0.2) is 48.5 Å². The van der Waals surface area contributed by atoms with Gasteiger partial charge in [0.1, 0.15) is 11.6 Å². The Morgan fingerprint density at radius 2 is 1.64 bits per heavy atom. The fraction of sp³-hybridized carbons (Fsp3) is 0.400. The van der Waals surface area contributed by atoms with Crippen molar-refractivity contribution in [3.63, 3.8) is 0 Å². The lowest BCUT2D eigenvalue weighted by Crippen LogP contribution is -2.48. The summed E-state index contributed by atoms with van der Waals surface area (Å²) in [5.74, 6) is 0.330. The summed E-state index contributed by atoms with van der Waals surface area (Å²) in [5, 5.41) is 0. The summed E-state index contributed by atoms with van der Waals surface area (Å²) in [6, 6.07) is 13.5. The molecule has 0 bridgehead atoms. The van der Waals surface area contributed by atoms with Crippen molar-refractivity contribution in [2.45, 2.75) is 5.75 Å². The molecule has 2 aromatic rings. The predicted molar refractivity (Wildman–Crippen MR) is 109 cm³/mol. The Kier molecular flexibility index (Phi) is 6.88. The molecule has 1 fully saturated rings. The highest BCUT2D eigenvalue weighted by Crippen LogP contribution is 2.20. The van der Waals surface area contributed by atoms with E-state index >= 15 is 0 Å². The minimum atomic E-state index is -3.43. The Labute approximate surface area is 166 Å². The van der Waals surface area contributed by atoms with Crippen molar-refractivity contribution in [3.05, 3.63) is 59.9 Å². The molecule has 8 heteroatoms. The van der Waals surface area contributed by atoms with E-state index in [4.69, 9.17) is 4.74 Å². The van der Waals surface area contributed by atoms with Gasteiger partial charge < -0.3 is 9.64 Å². The van der Waals surface area contributed by atoms with Crippen molar-refractivity contribution < 1.29 is 17.5 Å². The number of hydrogen-bond donors (Lipinski definition) is 1. The predicted octanol–water partition coefficient (Wildman–Crippen LogP) is 2.08. The third kappa shape index (κ3) is 5.92. The largest absolute Gasteiger partial charge is 0.497 e. The van der Waals surface area contributed by atoms with E-state index in [-0.39, 0.29) is 11.6 Å². The van der Waals surface area contributed by atoms with Gasteiger partial charge in [0.05, 0.1) is 12.9 Å². The zero-order valence-corrected chi connectivity index (χ0v) is 16.8. The van der Waals surface area contributed by atoms with Gasteiger partial charge in [0.2, 0.25) is 10.0 Å². The fourth-order valence-electron chi connectivity index (χ4n) is 3.23. The lowest BCUT2D eigenvalue weighted by Gasteiger charge is -2.36. The van der Waals surface area contributed by atoms with E-state index in [1.54, 1.807) is 7.11 Å². The lowest BCUT2D eigenvalue weighted by molar-refractivity contribution is 0.262. The third-order valence-electron chi connectivity index (χ3n) is 4.83. The number of nitrogens with zero attached hydrogens (tertiary/aromatic N) is 2. The van der Waals surface area contributed by atoms with Crippen molar-refractivity contribution in [2.24, 2.45) is 0 Å². The van der Waals surface area contributed by atoms with Crippen molar-refractivity contribution >= 4 is 15.7 Å². The van der Waals surface area contributed by atoms with Crippen LogP contribution in [-0.4, -0.2) is 59.7 Å². The normalized spacial score (nSPS) is 15.6. The monoisotopic (exact) mass is 407 g/mol. The van der Waals surface area contributed by atoms with Crippen LogP contribution in [0.5, 0.6) is 5.75 Å². The number of ether oxygens (including phenoxy) is 1. The van der Waals surface area contributed by atoms with Crippen LogP contribution >= 0.6 is 0 Å². The molecule has 0 amide bonds. The molecule has 2 aromatic carbocycles. The van der Waals surface area contributed by atoms with Gasteiger partial charge in [0, 0.05) is 45.0 Å². The first-order valence-corrected chi connectivity index (χ1v) is 10.9. The van der Waals surface area contributed by atoms with Crippen molar-refractivity contribution in [1.82, 2.24) is 9.62 Å². The highest BCUT2D eigenvalue weighted by molar-refractivity contribution is 7.88. The van der Waals surface area contributed by atoms with Crippen LogP contribution in [0.25, 0.3) is 0 Å². The van der Waals surface area contributed by atoms with Crippen LogP contribution in [-0.2, 0) is 15.8 Å². The van der Waals surface area contributed by atoms with Crippen LogP contribution in [0, 0.1) is 5.82 Å². The molecule has 1 aliphatic rings. The molecule has 1 N–H and O–H groups in total. The Bertz CT molecular complexity index is 849. The maximum absolute atomic E-state index is 12.9. The van der Waals surface area contributed by atoms with E-state index in [1.807, 2.05) is 12.1 Å². The summed E-state index contributed by atoms with van der Waals surface area (Å²) in [5.41, 5.74) is 1.74. The van der Waals surface area contributed by atoms with Crippen molar-refractivity contribution in [3.8, 4) is 5.75 Å². The van der Waals surface area contributed by atoms with E-state index in [2.05, 4.69) is 26.7 Å². The second-order valence-electron chi connectivity index (χ2n) is 6.81. The molecule has 0 aromatic heterocycles. The minimum Gasteiger partial charge on any atom is -0.497 e. The quantitative estimate of drug-likeness (QED) is 0.726. The summed E-state index contributed by atoms with van der Waals surface area (Å²) >= 11 is 0. The smallest absolute Gasteiger partial charge is 0.215 e. The number of sulfonamides is 1. The van der Waals surface area contributed by atoms with Crippen molar-refractivity contribution in [2.75, 3.05) is 51.3 Å². The van der Waals surface area contributed by atoms with E-state index in [1.165, 1.54) is 30.0 Å². The minimum absolute atomic E-state index is 0.140. The lowest BCUT2D eigenvalue weighted by atomic mass is 10.2. The first-order chi connectivity index (χ1) is 13.4. The van der Waals surface area contributed by atoms with Crippen LogP contribution < -0.4 is 14.4 Å². The number of benzene rings is 2. The third-order valence-corrected chi connectivity index (χ3v) is 6.19. The number of anilines is 1. The molecule has 0 saturated carbocycles. The zero-order chi connectivity index (χ0) is 20.0. The first-order valence-electron chi connectivity index (χ1n) is 9.28. The molecule has 0 aliphatic carbocycles. The summed E-state index contributed by atoms with van der Waals surface area (Å²) in [4.78, 5) is 4.56. The van der Waals surface area contributed by atoms with Gasteiger partial charge >= 0.3 is 0 Å². The molecule has 0 radical (unpaired) electrons.